The first-order valence-electron chi connectivity index (χ1n) is 9.85. The van der Waals surface area contributed by atoms with Gasteiger partial charge in [-0.1, -0.05) is 42.8 Å². The van der Waals surface area contributed by atoms with Crippen LogP contribution in [0.5, 0.6) is 0 Å². The second-order valence-electron chi connectivity index (χ2n) is 7.32. The third-order valence-electron chi connectivity index (χ3n) is 5.44. The molecule has 148 valence electrons. The molecule has 4 rings (SSSR count). The van der Waals surface area contributed by atoms with E-state index in [1.54, 1.807) is 39.9 Å². The molecule has 1 aromatic heterocycles. The number of fused-ring (bicyclic) bond motifs is 1. The quantitative estimate of drug-likeness (QED) is 0.576. The average Bonchev–Trinajstić information content (AvgIpc) is 3.06. The van der Waals surface area contributed by atoms with Gasteiger partial charge in [-0.2, -0.15) is 0 Å². The van der Waals surface area contributed by atoms with Crippen molar-refractivity contribution in [1.29, 1.82) is 0 Å². The fraction of sp³-hybridized carbons (Fsp3) is 0.364. The molecule has 0 spiro atoms. The molecule has 0 radical (unpaired) electrons. The molecule has 28 heavy (non-hydrogen) atoms. The topological polar surface area (TPSA) is 40.6 Å². The van der Waals surface area contributed by atoms with Gasteiger partial charge in [-0.25, -0.2) is 8.42 Å². The van der Waals surface area contributed by atoms with E-state index in [0.717, 1.165) is 40.3 Å². The van der Waals surface area contributed by atoms with Gasteiger partial charge in [-0.3, -0.25) is 4.31 Å². The van der Waals surface area contributed by atoms with Crippen LogP contribution in [0.2, 0.25) is 0 Å². The summed E-state index contributed by atoms with van der Waals surface area (Å²) in [7, 11) is -3.61. The summed E-state index contributed by atoms with van der Waals surface area (Å²) in [5.74, 6) is 0. The van der Waals surface area contributed by atoms with E-state index in [9.17, 15) is 8.42 Å². The van der Waals surface area contributed by atoms with Gasteiger partial charge in [0.05, 0.1) is 4.90 Å². The van der Waals surface area contributed by atoms with Crippen LogP contribution in [0.3, 0.4) is 0 Å². The molecule has 0 aliphatic carbocycles. The molecular weight excluding hydrogens is 388 g/mol. The third-order valence-corrected chi connectivity index (χ3v) is 8.67. The standard InChI is InChI=1S/C22H26N2O2S2/c1-18-20-12-6-7-13-21(20)27-22(18)24(17-16-23-14-8-3-9-15-23)28(25,26)19-10-4-2-5-11-19/h2,4-7,10-13H,3,8-9,14-17H2,1H3. The number of hydrogen-bond donors (Lipinski definition) is 0. The van der Waals surface area contributed by atoms with Crippen LogP contribution in [0.4, 0.5) is 5.00 Å². The Bertz CT molecular complexity index is 1040. The minimum Gasteiger partial charge on any atom is -0.302 e. The highest BCUT2D eigenvalue weighted by molar-refractivity contribution is 7.93. The van der Waals surface area contributed by atoms with Gasteiger partial charge >= 0.3 is 0 Å². The first kappa shape index (κ1) is 19.4. The Kier molecular flexibility index (Phi) is 5.71. The van der Waals surface area contributed by atoms with E-state index in [2.05, 4.69) is 17.0 Å². The molecule has 2 heterocycles. The zero-order valence-corrected chi connectivity index (χ0v) is 17.8. The average molecular weight is 415 g/mol. The summed E-state index contributed by atoms with van der Waals surface area (Å²) in [5.41, 5.74) is 1.04. The number of benzene rings is 2. The molecule has 1 aliphatic rings. The number of anilines is 1. The van der Waals surface area contributed by atoms with Crippen LogP contribution in [0.1, 0.15) is 24.8 Å². The monoisotopic (exact) mass is 414 g/mol. The summed E-state index contributed by atoms with van der Waals surface area (Å²) in [4.78, 5) is 2.74. The maximum Gasteiger partial charge on any atom is 0.264 e. The van der Waals surface area contributed by atoms with E-state index in [1.165, 1.54) is 19.3 Å². The van der Waals surface area contributed by atoms with Crippen LogP contribution in [0.25, 0.3) is 10.1 Å². The van der Waals surface area contributed by atoms with Crippen LogP contribution in [-0.2, 0) is 10.0 Å². The van der Waals surface area contributed by atoms with E-state index >= 15 is 0 Å². The number of rotatable bonds is 6. The highest BCUT2D eigenvalue weighted by atomic mass is 32.2. The predicted octanol–water partition coefficient (Wildman–Crippen LogP) is 4.89. The molecule has 0 bridgehead atoms. The van der Waals surface area contributed by atoms with E-state index in [-0.39, 0.29) is 0 Å². The van der Waals surface area contributed by atoms with Crippen LogP contribution in [0.15, 0.2) is 59.5 Å². The second-order valence-corrected chi connectivity index (χ2v) is 10.2. The molecule has 0 atom stereocenters. The Morgan fingerprint density at radius 1 is 0.964 bits per heavy atom. The Morgan fingerprint density at radius 2 is 1.64 bits per heavy atom. The largest absolute Gasteiger partial charge is 0.302 e. The Hall–Kier alpha value is -1.89. The van der Waals surface area contributed by atoms with E-state index in [4.69, 9.17) is 0 Å². The van der Waals surface area contributed by atoms with Crippen molar-refractivity contribution in [2.24, 2.45) is 0 Å². The minimum atomic E-state index is -3.61. The number of thiophene rings is 1. The number of sulfonamides is 1. The lowest BCUT2D eigenvalue weighted by atomic mass is 10.1. The number of likely N-dealkylation sites (tertiary alicyclic amines) is 1. The molecular formula is C22H26N2O2S2. The lowest BCUT2D eigenvalue weighted by molar-refractivity contribution is 0.235. The minimum absolute atomic E-state index is 0.352. The van der Waals surface area contributed by atoms with Crippen LogP contribution in [0, 0.1) is 6.92 Å². The fourth-order valence-electron chi connectivity index (χ4n) is 3.87. The maximum atomic E-state index is 13.5. The van der Waals surface area contributed by atoms with Crippen molar-refractivity contribution >= 4 is 36.4 Å². The first-order valence-corrected chi connectivity index (χ1v) is 12.1. The van der Waals surface area contributed by atoms with Crippen molar-refractivity contribution < 1.29 is 8.42 Å². The second kappa shape index (κ2) is 8.23. The van der Waals surface area contributed by atoms with Crippen molar-refractivity contribution in [3.8, 4) is 0 Å². The molecule has 3 aromatic rings. The lowest BCUT2D eigenvalue weighted by Crippen LogP contribution is -2.40. The van der Waals surface area contributed by atoms with E-state index in [0.29, 0.717) is 11.4 Å². The molecule has 2 aromatic carbocycles. The first-order chi connectivity index (χ1) is 13.6. The molecule has 0 N–H and O–H groups in total. The van der Waals surface area contributed by atoms with Crippen molar-refractivity contribution in [3.63, 3.8) is 0 Å². The van der Waals surface area contributed by atoms with Crippen molar-refractivity contribution in [2.45, 2.75) is 31.1 Å². The molecule has 1 aliphatic heterocycles. The van der Waals surface area contributed by atoms with Gasteiger partial charge in [0.15, 0.2) is 0 Å². The smallest absolute Gasteiger partial charge is 0.264 e. The van der Waals surface area contributed by atoms with Crippen molar-refractivity contribution in [1.82, 2.24) is 4.90 Å². The molecule has 0 saturated carbocycles. The molecule has 0 amide bonds. The van der Waals surface area contributed by atoms with Gasteiger partial charge < -0.3 is 4.90 Å². The zero-order chi connectivity index (χ0) is 19.6. The summed E-state index contributed by atoms with van der Waals surface area (Å²) >= 11 is 1.57. The predicted molar refractivity (Wildman–Crippen MR) is 118 cm³/mol. The van der Waals surface area contributed by atoms with Gasteiger partial charge in [0.2, 0.25) is 0 Å². The van der Waals surface area contributed by atoms with Gasteiger partial charge in [0, 0.05) is 17.8 Å². The molecule has 0 unspecified atom stereocenters. The highest BCUT2D eigenvalue weighted by Gasteiger charge is 2.28. The lowest BCUT2D eigenvalue weighted by Gasteiger charge is -2.30. The number of aryl methyl sites for hydroxylation is 1. The van der Waals surface area contributed by atoms with Crippen LogP contribution < -0.4 is 4.31 Å². The third kappa shape index (κ3) is 3.81. The normalized spacial score (nSPS) is 15.8. The van der Waals surface area contributed by atoms with Gasteiger partial charge in [0.1, 0.15) is 5.00 Å². The summed E-state index contributed by atoms with van der Waals surface area (Å²) < 4.78 is 29.9. The van der Waals surface area contributed by atoms with E-state index < -0.39 is 10.0 Å². The van der Waals surface area contributed by atoms with Gasteiger partial charge in [0.25, 0.3) is 10.0 Å². The summed E-state index contributed by atoms with van der Waals surface area (Å²) in [5, 5.41) is 1.97. The summed E-state index contributed by atoms with van der Waals surface area (Å²) in [6.45, 7) is 5.39. The Labute approximate surface area is 171 Å². The Balaban J connectivity index is 1.73. The SMILES string of the molecule is Cc1c(N(CCN2CCCCC2)S(=O)(=O)c2ccccc2)sc2ccccc12. The number of piperidine rings is 1. The zero-order valence-electron chi connectivity index (χ0n) is 16.2. The fourth-order valence-corrected chi connectivity index (χ4v) is 6.85. The molecule has 1 saturated heterocycles. The molecule has 6 heteroatoms. The van der Waals surface area contributed by atoms with Crippen LogP contribution in [-0.4, -0.2) is 39.5 Å². The van der Waals surface area contributed by atoms with Gasteiger partial charge in [-0.05, 0) is 62.0 Å². The van der Waals surface area contributed by atoms with E-state index in [1.807, 2.05) is 25.1 Å². The van der Waals surface area contributed by atoms with Crippen molar-refractivity contribution in [3.05, 3.63) is 60.2 Å². The van der Waals surface area contributed by atoms with Crippen LogP contribution >= 0.6 is 11.3 Å². The Morgan fingerprint density at radius 3 is 2.36 bits per heavy atom. The molecule has 4 nitrogen and oxygen atoms in total. The van der Waals surface area contributed by atoms with Crippen molar-refractivity contribution in [2.75, 3.05) is 30.5 Å². The summed E-state index contributed by atoms with van der Waals surface area (Å²) in [6.07, 6.45) is 3.68. The number of hydrogen-bond acceptors (Lipinski definition) is 4. The number of nitrogens with zero attached hydrogens (tertiary/aromatic N) is 2. The highest BCUT2D eigenvalue weighted by Crippen LogP contribution is 2.39. The summed E-state index contributed by atoms with van der Waals surface area (Å²) in [6, 6.07) is 16.9. The molecule has 1 fully saturated rings. The van der Waals surface area contributed by atoms with Gasteiger partial charge in [-0.15, -0.1) is 11.3 Å². The maximum absolute atomic E-state index is 13.5.